The van der Waals surface area contributed by atoms with Gasteiger partial charge in [-0.25, -0.2) is 0 Å². The lowest BCUT2D eigenvalue weighted by Gasteiger charge is -2.28. The Kier molecular flexibility index (Phi) is 6.07. The van der Waals surface area contributed by atoms with Crippen LogP contribution in [0.15, 0.2) is 12.1 Å². The second kappa shape index (κ2) is 7.65. The van der Waals surface area contributed by atoms with Crippen molar-refractivity contribution in [1.82, 2.24) is 10.2 Å². The molecule has 1 saturated heterocycles. The first-order chi connectivity index (χ1) is 10.8. The fourth-order valence-corrected chi connectivity index (χ4v) is 3.12. The molecule has 0 spiro atoms. The Hall–Kier alpha value is -1.10. The average Bonchev–Trinajstić information content (AvgIpc) is 2.48. The third kappa shape index (κ3) is 5.48. The van der Waals surface area contributed by atoms with Crippen LogP contribution in [0.2, 0.25) is 19.6 Å². The van der Waals surface area contributed by atoms with E-state index in [1.54, 1.807) is 0 Å². The molecule has 0 saturated carbocycles. The summed E-state index contributed by atoms with van der Waals surface area (Å²) in [5, 5.41) is 22.5. The maximum Gasteiger partial charge on any atom is 0.488 e. The van der Waals surface area contributed by atoms with Crippen molar-refractivity contribution in [2.24, 2.45) is 0 Å². The van der Waals surface area contributed by atoms with Gasteiger partial charge in [0.1, 0.15) is 8.07 Å². The maximum absolute atomic E-state index is 9.59. The van der Waals surface area contributed by atoms with Gasteiger partial charge in [0, 0.05) is 38.3 Å². The Bertz CT molecular complexity index is 611. The third-order valence-electron chi connectivity index (χ3n) is 4.01. The van der Waals surface area contributed by atoms with Gasteiger partial charge in [-0.05, 0) is 29.6 Å². The highest BCUT2D eigenvalue weighted by Crippen LogP contribution is 2.15. The summed E-state index contributed by atoms with van der Waals surface area (Å²) >= 11 is 0. The van der Waals surface area contributed by atoms with E-state index in [9.17, 15) is 10.0 Å². The molecule has 0 aromatic heterocycles. The fraction of sp³-hybridized carbons (Fsp3) is 0.529. The monoisotopic (exact) mass is 330 g/mol. The largest absolute Gasteiger partial charge is 0.488 e. The number of nitrogens with zero attached hydrogens (tertiary/aromatic N) is 1. The Morgan fingerprint density at radius 2 is 1.87 bits per heavy atom. The minimum atomic E-state index is -1.47. The van der Waals surface area contributed by atoms with E-state index in [2.05, 4.69) is 48.2 Å². The van der Waals surface area contributed by atoms with Gasteiger partial charge in [-0.1, -0.05) is 31.6 Å². The lowest BCUT2D eigenvalue weighted by molar-refractivity contribution is 0.233. The van der Waals surface area contributed by atoms with E-state index in [4.69, 9.17) is 0 Å². The summed E-state index contributed by atoms with van der Waals surface area (Å²) in [5.74, 6) is 3.28. The van der Waals surface area contributed by atoms with E-state index >= 15 is 0 Å². The van der Waals surface area contributed by atoms with Crippen molar-refractivity contribution in [1.29, 1.82) is 0 Å². The summed E-state index contributed by atoms with van der Waals surface area (Å²) in [5.41, 5.74) is 7.11. The van der Waals surface area contributed by atoms with Crippen LogP contribution in [0.25, 0.3) is 0 Å². The molecule has 2 rings (SSSR count). The predicted molar refractivity (Wildman–Crippen MR) is 99.4 cm³/mol. The van der Waals surface area contributed by atoms with Crippen molar-refractivity contribution < 1.29 is 10.0 Å². The first-order valence-electron chi connectivity index (χ1n) is 8.22. The summed E-state index contributed by atoms with van der Waals surface area (Å²) in [4.78, 5) is 2.39. The highest BCUT2D eigenvalue weighted by molar-refractivity contribution is 6.83. The molecule has 1 aliphatic heterocycles. The molecule has 0 amide bonds. The molecule has 0 aliphatic carbocycles. The van der Waals surface area contributed by atoms with Crippen molar-refractivity contribution in [2.45, 2.75) is 33.1 Å². The zero-order chi connectivity index (χ0) is 17.0. The molecular weight excluding hydrogens is 303 g/mol. The Balaban J connectivity index is 2.35. The first kappa shape index (κ1) is 18.2. The molecule has 1 fully saturated rings. The topological polar surface area (TPSA) is 55.7 Å². The standard InChI is InChI=1S/C17H27BN2O2Si/c1-14-15(5-10-23(2,3)4)11-17(18(21)22)12-16(14)13-20-8-6-19-7-9-20/h11-12,19,21-22H,6-9,13H2,1-4H3. The molecule has 1 aromatic rings. The SMILES string of the molecule is Cc1c(C#C[Si](C)(C)C)cc(B(O)O)cc1CN1CCNCC1. The molecule has 124 valence electrons. The maximum atomic E-state index is 9.59. The number of nitrogens with one attached hydrogen (secondary N) is 1. The summed E-state index contributed by atoms with van der Waals surface area (Å²) < 4.78 is 0. The van der Waals surface area contributed by atoms with Gasteiger partial charge in [-0.3, -0.25) is 4.90 Å². The normalized spacial score (nSPS) is 15.9. The van der Waals surface area contributed by atoms with Gasteiger partial charge in [-0.2, -0.15) is 0 Å². The number of rotatable bonds is 3. The highest BCUT2D eigenvalue weighted by Gasteiger charge is 2.18. The molecule has 23 heavy (non-hydrogen) atoms. The molecule has 4 nitrogen and oxygen atoms in total. The van der Waals surface area contributed by atoms with Crippen LogP contribution in [0.4, 0.5) is 0 Å². The molecule has 1 heterocycles. The molecule has 0 unspecified atom stereocenters. The quantitative estimate of drug-likeness (QED) is 0.552. The second-order valence-corrected chi connectivity index (χ2v) is 12.0. The Labute approximate surface area is 141 Å². The molecule has 0 atom stereocenters. The van der Waals surface area contributed by atoms with Gasteiger partial charge < -0.3 is 15.4 Å². The molecule has 0 radical (unpaired) electrons. The van der Waals surface area contributed by atoms with Crippen LogP contribution in [0.5, 0.6) is 0 Å². The molecule has 1 aliphatic rings. The second-order valence-electron chi connectivity index (χ2n) is 7.25. The third-order valence-corrected chi connectivity index (χ3v) is 4.89. The van der Waals surface area contributed by atoms with Gasteiger partial charge in [0.15, 0.2) is 0 Å². The van der Waals surface area contributed by atoms with Crippen LogP contribution in [-0.2, 0) is 6.54 Å². The molecule has 1 aromatic carbocycles. The van der Waals surface area contributed by atoms with Gasteiger partial charge in [0.2, 0.25) is 0 Å². The van der Waals surface area contributed by atoms with Gasteiger partial charge in [0.25, 0.3) is 0 Å². The van der Waals surface area contributed by atoms with Crippen molar-refractivity contribution in [3.05, 3.63) is 28.8 Å². The van der Waals surface area contributed by atoms with Gasteiger partial charge in [0.05, 0.1) is 0 Å². The van der Waals surface area contributed by atoms with E-state index < -0.39 is 15.2 Å². The molecular formula is C17H27BN2O2Si. The average molecular weight is 330 g/mol. The van der Waals surface area contributed by atoms with Gasteiger partial charge in [-0.15, -0.1) is 5.54 Å². The number of piperazine rings is 1. The summed E-state index contributed by atoms with van der Waals surface area (Å²) in [6.07, 6.45) is 0. The van der Waals surface area contributed by atoms with Crippen LogP contribution in [0.3, 0.4) is 0 Å². The van der Waals surface area contributed by atoms with Crippen LogP contribution in [0, 0.1) is 18.4 Å². The van der Waals surface area contributed by atoms with E-state index in [0.29, 0.717) is 5.46 Å². The smallest absolute Gasteiger partial charge is 0.423 e. The minimum Gasteiger partial charge on any atom is -0.423 e. The highest BCUT2D eigenvalue weighted by atomic mass is 28.3. The summed E-state index contributed by atoms with van der Waals surface area (Å²) in [7, 11) is -2.93. The van der Waals surface area contributed by atoms with Crippen molar-refractivity contribution >= 4 is 20.7 Å². The van der Waals surface area contributed by atoms with E-state index in [-0.39, 0.29) is 0 Å². The number of benzene rings is 1. The lowest BCUT2D eigenvalue weighted by atomic mass is 9.77. The summed E-state index contributed by atoms with van der Waals surface area (Å²) in [6, 6.07) is 3.72. The molecule has 3 N–H and O–H groups in total. The zero-order valence-corrected chi connectivity index (χ0v) is 15.6. The zero-order valence-electron chi connectivity index (χ0n) is 14.6. The lowest BCUT2D eigenvalue weighted by Crippen LogP contribution is -2.43. The van der Waals surface area contributed by atoms with E-state index in [1.807, 2.05) is 12.1 Å². The van der Waals surface area contributed by atoms with Gasteiger partial charge >= 0.3 is 7.12 Å². The van der Waals surface area contributed by atoms with Crippen LogP contribution in [-0.4, -0.2) is 56.3 Å². The Morgan fingerprint density at radius 1 is 1.22 bits per heavy atom. The van der Waals surface area contributed by atoms with Crippen molar-refractivity contribution in [3.63, 3.8) is 0 Å². The predicted octanol–water partition coefficient (Wildman–Crippen LogP) is 0.309. The van der Waals surface area contributed by atoms with Crippen LogP contribution >= 0.6 is 0 Å². The van der Waals surface area contributed by atoms with Crippen molar-refractivity contribution in [3.8, 4) is 11.5 Å². The fourth-order valence-electron chi connectivity index (χ4n) is 2.61. The van der Waals surface area contributed by atoms with E-state index in [1.165, 1.54) is 0 Å². The molecule has 0 bridgehead atoms. The van der Waals surface area contributed by atoms with Crippen LogP contribution in [0.1, 0.15) is 16.7 Å². The molecule has 6 heteroatoms. The summed E-state index contributed by atoms with van der Waals surface area (Å²) in [6.45, 7) is 13.6. The van der Waals surface area contributed by atoms with Crippen LogP contribution < -0.4 is 10.8 Å². The van der Waals surface area contributed by atoms with Crippen molar-refractivity contribution in [2.75, 3.05) is 26.2 Å². The van der Waals surface area contributed by atoms with E-state index in [0.717, 1.165) is 49.4 Å². The Morgan fingerprint density at radius 3 is 2.43 bits per heavy atom. The number of hydrogen-bond acceptors (Lipinski definition) is 4. The number of hydrogen-bond donors (Lipinski definition) is 3. The first-order valence-corrected chi connectivity index (χ1v) is 11.7. The minimum absolute atomic E-state index is 0.528.